The Morgan fingerprint density at radius 1 is 1.62 bits per heavy atom. The first kappa shape index (κ1) is 12.4. The van der Waals surface area contributed by atoms with Gasteiger partial charge in [-0.05, 0) is 29.8 Å². The second-order valence-corrected chi connectivity index (χ2v) is 4.11. The van der Waals surface area contributed by atoms with Crippen molar-refractivity contribution >= 4 is 23.1 Å². The summed E-state index contributed by atoms with van der Waals surface area (Å²) >= 11 is 1.57. The highest BCUT2D eigenvalue weighted by Crippen LogP contribution is 2.32. The fourth-order valence-electron chi connectivity index (χ4n) is 1.10. The third kappa shape index (κ3) is 3.15. The minimum atomic E-state index is -0.557. The number of nitro groups is 1. The largest absolute Gasteiger partial charge is 0.279 e. The Hall–Kier alpha value is -1.72. The van der Waals surface area contributed by atoms with Gasteiger partial charge in [-0.2, -0.15) is 0 Å². The zero-order valence-electron chi connectivity index (χ0n) is 8.66. The molecule has 0 amide bonds. The Kier molecular flexibility index (Phi) is 4.63. The van der Waals surface area contributed by atoms with Crippen LogP contribution >= 0.6 is 11.8 Å². The Labute approximate surface area is 96.4 Å². The van der Waals surface area contributed by atoms with Crippen LogP contribution in [0.4, 0.5) is 11.4 Å². The molecule has 0 aliphatic heterocycles. The van der Waals surface area contributed by atoms with Crippen LogP contribution in [0.25, 0.3) is 10.4 Å². The summed E-state index contributed by atoms with van der Waals surface area (Å²) in [5.41, 5.74) is 8.22. The van der Waals surface area contributed by atoms with Gasteiger partial charge in [0.25, 0.3) is 5.69 Å². The second-order valence-electron chi connectivity index (χ2n) is 2.95. The van der Waals surface area contributed by atoms with E-state index in [1.165, 1.54) is 12.1 Å². The molecule has 1 rings (SSSR count). The third-order valence-electron chi connectivity index (χ3n) is 1.77. The molecule has 0 N–H and O–H groups in total. The van der Waals surface area contributed by atoms with E-state index >= 15 is 0 Å². The van der Waals surface area contributed by atoms with E-state index in [9.17, 15) is 10.1 Å². The summed E-state index contributed by atoms with van der Waals surface area (Å²) in [7, 11) is 0. The molecule has 0 spiro atoms. The maximum atomic E-state index is 10.6. The van der Waals surface area contributed by atoms with Gasteiger partial charge in [0.15, 0.2) is 0 Å². The Morgan fingerprint density at radius 3 is 2.94 bits per heavy atom. The normalized spacial score (nSPS) is 9.56. The molecular formula is C9H10N4O2S. The van der Waals surface area contributed by atoms with E-state index < -0.39 is 4.92 Å². The number of hydrogen-bond acceptors (Lipinski definition) is 4. The summed E-state index contributed by atoms with van der Waals surface area (Å²) in [6.45, 7) is 2.05. The minimum Gasteiger partial charge on any atom is -0.258 e. The topological polar surface area (TPSA) is 91.9 Å². The number of rotatable bonds is 5. The first-order valence-corrected chi connectivity index (χ1v) is 5.64. The van der Waals surface area contributed by atoms with Crippen LogP contribution in [-0.4, -0.2) is 10.7 Å². The Bertz CT molecular complexity index is 443. The molecule has 1 aromatic rings. The van der Waals surface area contributed by atoms with Crippen molar-refractivity contribution in [2.75, 3.05) is 5.75 Å². The molecule has 0 aliphatic carbocycles. The molecule has 0 fully saturated rings. The fraction of sp³-hybridized carbons (Fsp3) is 0.333. The average Bonchev–Trinajstić information content (AvgIpc) is 2.26. The molecule has 6 nitrogen and oxygen atoms in total. The number of benzene rings is 1. The van der Waals surface area contributed by atoms with E-state index in [1.807, 2.05) is 6.92 Å². The summed E-state index contributed by atoms with van der Waals surface area (Å²) in [6.07, 6.45) is 1.01. The van der Waals surface area contributed by atoms with Gasteiger partial charge in [0, 0.05) is 15.9 Å². The Morgan fingerprint density at radius 2 is 2.38 bits per heavy atom. The molecule has 0 saturated heterocycles. The van der Waals surface area contributed by atoms with Crippen molar-refractivity contribution in [3.63, 3.8) is 0 Å². The predicted octanol–water partition coefficient (Wildman–Crippen LogP) is 4.04. The van der Waals surface area contributed by atoms with E-state index in [0.29, 0.717) is 0 Å². The van der Waals surface area contributed by atoms with Crippen LogP contribution in [-0.2, 0) is 0 Å². The van der Waals surface area contributed by atoms with Crippen molar-refractivity contribution in [2.45, 2.75) is 18.2 Å². The van der Waals surface area contributed by atoms with Crippen LogP contribution in [0.2, 0.25) is 0 Å². The van der Waals surface area contributed by atoms with Crippen molar-refractivity contribution in [1.82, 2.24) is 0 Å². The van der Waals surface area contributed by atoms with Gasteiger partial charge in [-0.25, -0.2) is 0 Å². The summed E-state index contributed by atoms with van der Waals surface area (Å²) in [5.74, 6) is 0.924. The van der Waals surface area contributed by atoms with Crippen LogP contribution in [0, 0.1) is 10.1 Å². The standard InChI is InChI=1S/C9H10N4O2S/c1-2-5-16-7-3-4-9(13(14)15)8(6-7)11-12-10/h3-4,6H,2,5H2,1H3. The number of azide groups is 1. The molecule has 1 aromatic carbocycles. The predicted molar refractivity (Wildman–Crippen MR) is 62.9 cm³/mol. The molecular weight excluding hydrogens is 228 g/mol. The highest BCUT2D eigenvalue weighted by molar-refractivity contribution is 7.99. The number of nitrogens with zero attached hydrogens (tertiary/aromatic N) is 4. The maximum Gasteiger partial charge on any atom is 0.279 e. The molecule has 84 valence electrons. The summed E-state index contributed by atoms with van der Waals surface area (Å²) in [5, 5.41) is 14.0. The lowest BCUT2D eigenvalue weighted by atomic mass is 10.3. The Balaban J connectivity index is 3.07. The fourth-order valence-corrected chi connectivity index (χ4v) is 1.89. The number of hydrogen-bond donors (Lipinski definition) is 0. The highest BCUT2D eigenvalue weighted by Gasteiger charge is 2.12. The zero-order valence-corrected chi connectivity index (χ0v) is 9.48. The van der Waals surface area contributed by atoms with E-state index in [-0.39, 0.29) is 11.4 Å². The van der Waals surface area contributed by atoms with Gasteiger partial charge in [0.1, 0.15) is 5.69 Å². The SMILES string of the molecule is CCCSc1ccc([N+](=O)[O-])c(N=[N+]=[N-])c1. The second kappa shape index (κ2) is 5.99. The maximum absolute atomic E-state index is 10.6. The van der Waals surface area contributed by atoms with Gasteiger partial charge in [-0.15, -0.1) is 11.8 Å². The molecule has 0 aliphatic rings. The summed E-state index contributed by atoms with van der Waals surface area (Å²) in [6, 6.07) is 4.56. The molecule has 0 unspecified atom stereocenters. The first-order chi connectivity index (χ1) is 7.69. The molecule has 7 heteroatoms. The van der Waals surface area contributed by atoms with Crippen LogP contribution in [0.15, 0.2) is 28.2 Å². The van der Waals surface area contributed by atoms with Crippen molar-refractivity contribution in [3.05, 3.63) is 38.8 Å². The number of nitro benzene ring substituents is 1. The van der Waals surface area contributed by atoms with Gasteiger partial charge in [0.05, 0.1) is 4.92 Å². The monoisotopic (exact) mass is 238 g/mol. The van der Waals surface area contributed by atoms with Gasteiger partial charge in [-0.1, -0.05) is 12.0 Å². The van der Waals surface area contributed by atoms with Gasteiger partial charge < -0.3 is 0 Å². The summed E-state index contributed by atoms with van der Waals surface area (Å²) in [4.78, 5) is 13.5. The van der Waals surface area contributed by atoms with Crippen LogP contribution < -0.4 is 0 Å². The number of thioether (sulfide) groups is 1. The van der Waals surface area contributed by atoms with Crippen LogP contribution in [0.1, 0.15) is 13.3 Å². The van der Waals surface area contributed by atoms with Crippen molar-refractivity contribution < 1.29 is 4.92 Å². The van der Waals surface area contributed by atoms with E-state index in [0.717, 1.165) is 17.1 Å². The third-order valence-corrected chi connectivity index (χ3v) is 2.97. The van der Waals surface area contributed by atoms with Crippen LogP contribution in [0.5, 0.6) is 0 Å². The molecule has 0 bridgehead atoms. The molecule has 0 aromatic heterocycles. The van der Waals surface area contributed by atoms with Crippen molar-refractivity contribution in [1.29, 1.82) is 0 Å². The van der Waals surface area contributed by atoms with E-state index in [2.05, 4.69) is 10.0 Å². The lowest BCUT2D eigenvalue weighted by molar-refractivity contribution is -0.384. The lowest BCUT2D eigenvalue weighted by Gasteiger charge is -2.01. The summed E-state index contributed by atoms with van der Waals surface area (Å²) < 4.78 is 0. The van der Waals surface area contributed by atoms with E-state index in [1.54, 1.807) is 17.8 Å². The van der Waals surface area contributed by atoms with Gasteiger partial charge in [0.2, 0.25) is 0 Å². The van der Waals surface area contributed by atoms with Gasteiger partial charge >= 0.3 is 0 Å². The molecule has 0 saturated carbocycles. The quantitative estimate of drug-likeness (QED) is 0.193. The smallest absolute Gasteiger partial charge is 0.258 e. The molecule has 0 atom stereocenters. The minimum absolute atomic E-state index is 0.0635. The highest BCUT2D eigenvalue weighted by atomic mass is 32.2. The van der Waals surface area contributed by atoms with Crippen molar-refractivity contribution in [2.24, 2.45) is 5.11 Å². The first-order valence-electron chi connectivity index (χ1n) is 4.65. The van der Waals surface area contributed by atoms with Crippen LogP contribution in [0.3, 0.4) is 0 Å². The molecule has 0 radical (unpaired) electrons. The van der Waals surface area contributed by atoms with E-state index in [4.69, 9.17) is 5.53 Å². The van der Waals surface area contributed by atoms with Gasteiger partial charge in [-0.3, -0.25) is 10.1 Å². The molecule has 0 heterocycles. The lowest BCUT2D eigenvalue weighted by Crippen LogP contribution is -1.88. The average molecular weight is 238 g/mol. The zero-order chi connectivity index (χ0) is 12.0. The molecule has 16 heavy (non-hydrogen) atoms. The van der Waals surface area contributed by atoms with Crippen molar-refractivity contribution in [3.8, 4) is 0 Å².